The zero-order valence-electron chi connectivity index (χ0n) is 14.9. The zero-order chi connectivity index (χ0) is 18.5. The summed E-state index contributed by atoms with van der Waals surface area (Å²) in [5.41, 5.74) is 2.29. The number of methoxy groups -OCH3 is 1. The number of aromatic nitrogens is 1. The molecular formula is C19H22N4O3. The fourth-order valence-corrected chi connectivity index (χ4v) is 2.98. The normalized spacial score (nSPS) is 14.8. The molecule has 2 heterocycles. The van der Waals surface area contributed by atoms with Gasteiger partial charge in [0.25, 0.3) is 0 Å². The molecule has 0 radical (unpaired) electrons. The molecule has 0 spiro atoms. The Bertz CT molecular complexity index is 795. The maximum Gasteiger partial charge on any atom is 0.319 e. The van der Waals surface area contributed by atoms with Crippen molar-refractivity contribution < 1.29 is 14.3 Å². The second-order valence-corrected chi connectivity index (χ2v) is 6.14. The topological polar surface area (TPSA) is 83.6 Å². The predicted molar refractivity (Wildman–Crippen MR) is 99.4 cm³/mol. The molecule has 3 rings (SSSR count). The summed E-state index contributed by atoms with van der Waals surface area (Å²) in [7, 11) is 1.55. The first-order valence-electron chi connectivity index (χ1n) is 8.54. The first kappa shape index (κ1) is 17.7. The maximum atomic E-state index is 12.2. The molecule has 2 N–H and O–H groups in total. The van der Waals surface area contributed by atoms with E-state index >= 15 is 0 Å². The SMILES string of the molecule is COc1cc(NC(=O)NC(C)c2ccncc2)ccc1N1CCCC1=O. The van der Waals surface area contributed by atoms with E-state index in [2.05, 4.69) is 15.6 Å². The van der Waals surface area contributed by atoms with E-state index in [1.54, 1.807) is 42.6 Å². The van der Waals surface area contributed by atoms with Gasteiger partial charge >= 0.3 is 6.03 Å². The molecular weight excluding hydrogens is 332 g/mol. The van der Waals surface area contributed by atoms with E-state index in [0.717, 1.165) is 17.7 Å². The number of nitrogens with one attached hydrogen (secondary N) is 2. The number of hydrogen-bond donors (Lipinski definition) is 2. The first-order valence-corrected chi connectivity index (χ1v) is 8.54. The van der Waals surface area contributed by atoms with Crippen LogP contribution >= 0.6 is 0 Å². The molecule has 1 aromatic heterocycles. The van der Waals surface area contributed by atoms with Gasteiger partial charge in [-0.3, -0.25) is 9.78 Å². The summed E-state index contributed by atoms with van der Waals surface area (Å²) in [5.74, 6) is 0.646. The monoisotopic (exact) mass is 354 g/mol. The van der Waals surface area contributed by atoms with E-state index in [-0.39, 0.29) is 18.0 Å². The molecule has 136 valence electrons. The molecule has 0 bridgehead atoms. The van der Waals surface area contributed by atoms with Gasteiger partial charge in [-0.25, -0.2) is 4.79 Å². The van der Waals surface area contributed by atoms with Gasteiger partial charge in [-0.15, -0.1) is 0 Å². The van der Waals surface area contributed by atoms with E-state index in [1.807, 2.05) is 19.1 Å². The standard InChI is InChI=1S/C19H22N4O3/c1-13(14-7-9-20-10-8-14)21-19(25)22-15-5-6-16(17(12-15)26-2)23-11-3-4-18(23)24/h5-10,12-13H,3-4,11H2,1-2H3,(H2,21,22,25). The third kappa shape index (κ3) is 3.93. The van der Waals surface area contributed by atoms with Gasteiger partial charge in [-0.1, -0.05) is 0 Å². The molecule has 1 aliphatic heterocycles. The quantitative estimate of drug-likeness (QED) is 0.864. The van der Waals surface area contributed by atoms with Crippen molar-refractivity contribution in [2.75, 3.05) is 23.9 Å². The average Bonchev–Trinajstić information content (AvgIpc) is 3.08. The number of benzene rings is 1. The van der Waals surface area contributed by atoms with E-state index in [4.69, 9.17) is 4.74 Å². The second kappa shape index (κ2) is 7.86. The molecule has 1 atom stereocenters. The molecule has 1 saturated heterocycles. The number of anilines is 2. The fourth-order valence-electron chi connectivity index (χ4n) is 2.98. The fraction of sp³-hybridized carbons (Fsp3) is 0.316. The van der Waals surface area contributed by atoms with Gasteiger partial charge in [0.05, 0.1) is 18.8 Å². The molecule has 2 aromatic rings. The van der Waals surface area contributed by atoms with Crippen LogP contribution in [0.15, 0.2) is 42.7 Å². The van der Waals surface area contributed by atoms with Crippen molar-refractivity contribution in [1.82, 2.24) is 10.3 Å². The minimum absolute atomic E-state index is 0.0907. The van der Waals surface area contributed by atoms with Crippen LogP contribution < -0.4 is 20.3 Å². The highest BCUT2D eigenvalue weighted by atomic mass is 16.5. The molecule has 26 heavy (non-hydrogen) atoms. The summed E-state index contributed by atoms with van der Waals surface area (Å²) >= 11 is 0. The lowest BCUT2D eigenvalue weighted by molar-refractivity contribution is -0.117. The molecule has 1 unspecified atom stereocenters. The van der Waals surface area contributed by atoms with E-state index < -0.39 is 0 Å². The largest absolute Gasteiger partial charge is 0.494 e. The van der Waals surface area contributed by atoms with Gasteiger partial charge in [0, 0.05) is 37.1 Å². The lowest BCUT2D eigenvalue weighted by atomic mass is 10.1. The molecule has 1 fully saturated rings. The molecule has 0 saturated carbocycles. The van der Waals surface area contributed by atoms with Crippen molar-refractivity contribution in [2.45, 2.75) is 25.8 Å². The first-order chi connectivity index (χ1) is 12.6. The smallest absolute Gasteiger partial charge is 0.319 e. The van der Waals surface area contributed by atoms with Crippen LogP contribution in [0.1, 0.15) is 31.4 Å². The molecule has 1 aliphatic rings. The lowest BCUT2D eigenvalue weighted by Crippen LogP contribution is -2.31. The van der Waals surface area contributed by atoms with Gasteiger partial charge < -0.3 is 20.3 Å². The van der Waals surface area contributed by atoms with Crippen LogP contribution in [0.3, 0.4) is 0 Å². The maximum absolute atomic E-state index is 12.2. The van der Waals surface area contributed by atoms with Crippen LogP contribution in [-0.4, -0.2) is 30.6 Å². The Morgan fingerprint density at radius 3 is 2.69 bits per heavy atom. The van der Waals surface area contributed by atoms with Crippen molar-refractivity contribution in [3.63, 3.8) is 0 Å². The van der Waals surface area contributed by atoms with Crippen LogP contribution in [-0.2, 0) is 4.79 Å². The number of nitrogens with zero attached hydrogens (tertiary/aromatic N) is 2. The molecule has 3 amide bonds. The highest BCUT2D eigenvalue weighted by Gasteiger charge is 2.24. The lowest BCUT2D eigenvalue weighted by Gasteiger charge is -2.20. The minimum Gasteiger partial charge on any atom is -0.494 e. The van der Waals surface area contributed by atoms with Crippen molar-refractivity contribution in [1.29, 1.82) is 0 Å². The zero-order valence-corrected chi connectivity index (χ0v) is 14.9. The summed E-state index contributed by atoms with van der Waals surface area (Å²) in [6, 6.07) is 8.52. The highest BCUT2D eigenvalue weighted by molar-refractivity contribution is 5.97. The Labute approximate surface area is 152 Å². The van der Waals surface area contributed by atoms with Crippen LogP contribution in [0.2, 0.25) is 0 Å². The average molecular weight is 354 g/mol. The van der Waals surface area contributed by atoms with Crippen molar-refractivity contribution >= 4 is 23.3 Å². The second-order valence-electron chi connectivity index (χ2n) is 6.14. The minimum atomic E-state index is -0.318. The van der Waals surface area contributed by atoms with E-state index in [9.17, 15) is 9.59 Å². The number of carbonyl (C=O) groups is 2. The highest BCUT2D eigenvalue weighted by Crippen LogP contribution is 2.33. The summed E-state index contributed by atoms with van der Waals surface area (Å²) in [4.78, 5) is 29.9. The van der Waals surface area contributed by atoms with Gasteiger partial charge in [0.1, 0.15) is 5.75 Å². The molecule has 1 aromatic carbocycles. The van der Waals surface area contributed by atoms with Crippen LogP contribution in [0.4, 0.5) is 16.2 Å². The number of amides is 3. The number of carbonyl (C=O) groups excluding carboxylic acids is 2. The van der Waals surface area contributed by atoms with Crippen molar-refractivity contribution in [3.8, 4) is 5.75 Å². The predicted octanol–water partition coefficient (Wildman–Crippen LogP) is 3.10. The Morgan fingerprint density at radius 2 is 2.04 bits per heavy atom. The van der Waals surface area contributed by atoms with Gasteiger partial charge in [0.2, 0.25) is 5.91 Å². The van der Waals surface area contributed by atoms with Gasteiger partial charge in [0.15, 0.2) is 0 Å². The number of rotatable bonds is 5. The molecule has 0 aliphatic carbocycles. The number of urea groups is 1. The molecule has 7 heteroatoms. The van der Waals surface area contributed by atoms with Crippen LogP contribution in [0.5, 0.6) is 5.75 Å². The van der Waals surface area contributed by atoms with Crippen molar-refractivity contribution in [2.24, 2.45) is 0 Å². The number of hydrogen-bond acceptors (Lipinski definition) is 4. The summed E-state index contributed by atoms with van der Waals surface area (Å²) in [6.07, 6.45) is 4.78. The summed E-state index contributed by atoms with van der Waals surface area (Å²) in [5, 5.41) is 5.67. The third-order valence-electron chi connectivity index (χ3n) is 4.36. The number of pyridine rings is 1. The Balaban J connectivity index is 1.68. The van der Waals surface area contributed by atoms with Gasteiger partial charge in [-0.05, 0) is 43.2 Å². The molecule has 7 nitrogen and oxygen atoms in total. The van der Waals surface area contributed by atoms with E-state index in [1.165, 1.54) is 0 Å². The summed E-state index contributed by atoms with van der Waals surface area (Å²) < 4.78 is 5.41. The Hall–Kier alpha value is -3.09. The van der Waals surface area contributed by atoms with Crippen LogP contribution in [0.25, 0.3) is 0 Å². The number of ether oxygens (including phenoxy) is 1. The third-order valence-corrected chi connectivity index (χ3v) is 4.36. The Morgan fingerprint density at radius 1 is 1.27 bits per heavy atom. The van der Waals surface area contributed by atoms with Crippen LogP contribution in [0, 0.1) is 0 Å². The summed E-state index contributed by atoms with van der Waals surface area (Å²) in [6.45, 7) is 2.59. The van der Waals surface area contributed by atoms with Crippen molar-refractivity contribution in [3.05, 3.63) is 48.3 Å². The van der Waals surface area contributed by atoms with Gasteiger partial charge in [-0.2, -0.15) is 0 Å². The Kier molecular flexibility index (Phi) is 5.36. The van der Waals surface area contributed by atoms with E-state index in [0.29, 0.717) is 24.4 Å².